The van der Waals surface area contributed by atoms with Crippen molar-refractivity contribution in [3.8, 4) is 0 Å². The van der Waals surface area contributed by atoms with Crippen LogP contribution < -0.4 is 5.32 Å². The van der Waals surface area contributed by atoms with E-state index in [0.717, 1.165) is 26.2 Å². The van der Waals surface area contributed by atoms with Gasteiger partial charge in [0.2, 0.25) is 5.91 Å². The van der Waals surface area contributed by atoms with E-state index < -0.39 is 0 Å². The fraction of sp³-hybridized carbons (Fsp3) is 0.929. The van der Waals surface area contributed by atoms with Gasteiger partial charge < -0.3 is 10.2 Å². The van der Waals surface area contributed by atoms with Crippen molar-refractivity contribution in [1.29, 1.82) is 0 Å². The number of carbonyl (C=O) groups excluding carboxylic acids is 1. The van der Waals surface area contributed by atoms with Crippen molar-refractivity contribution >= 4 is 5.91 Å². The summed E-state index contributed by atoms with van der Waals surface area (Å²) in [6.45, 7) is 8.25. The molecule has 0 aliphatic carbocycles. The van der Waals surface area contributed by atoms with Crippen LogP contribution in [0.1, 0.15) is 39.0 Å². The summed E-state index contributed by atoms with van der Waals surface area (Å²) < 4.78 is 0. The number of rotatable bonds is 5. The van der Waals surface area contributed by atoms with E-state index in [1.165, 1.54) is 38.8 Å². The van der Waals surface area contributed by atoms with Crippen LogP contribution >= 0.6 is 0 Å². The lowest BCUT2D eigenvalue weighted by Crippen LogP contribution is -2.41. The SMILES string of the molecule is CCNCCC(=O)N1CCC(N2CCCCC2)C1. The van der Waals surface area contributed by atoms with Crippen LogP contribution in [-0.4, -0.2) is 61.0 Å². The molecule has 0 radical (unpaired) electrons. The molecule has 1 N–H and O–H groups in total. The molecular formula is C14H27N3O. The predicted molar refractivity (Wildman–Crippen MR) is 73.6 cm³/mol. The van der Waals surface area contributed by atoms with Gasteiger partial charge in [-0.25, -0.2) is 0 Å². The highest BCUT2D eigenvalue weighted by Crippen LogP contribution is 2.20. The van der Waals surface area contributed by atoms with E-state index in [2.05, 4.69) is 22.0 Å². The van der Waals surface area contributed by atoms with Gasteiger partial charge in [0, 0.05) is 32.1 Å². The third-order valence-corrected chi connectivity index (χ3v) is 4.19. The van der Waals surface area contributed by atoms with Crippen molar-refractivity contribution in [3.63, 3.8) is 0 Å². The van der Waals surface area contributed by atoms with Crippen molar-refractivity contribution < 1.29 is 4.79 Å². The Kier molecular flexibility index (Phi) is 5.45. The molecule has 0 aromatic carbocycles. The van der Waals surface area contributed by atoms with Gasteiger partial charge in [0.05, 0.1) is 0 Å². The summed E-state index contributed by atoms with van der Waals surface area (Å²) in [6, 6.07) is 0.633. The van der Waals surface area contributed by atoms with E-state index in [-0.39, 0.29) is 0 Å². The Bertz CT molecular complexity index is 264. The molecule has 1 atom stereocenters. The molecule has 0 spiro atoms. The fourth-order valence-electron chi connectivity index (χ4n) is 3.08. The normalized spacial score (nSPS) is 25.6. The number of nitrogens with zero attached hydrogens (tertiary/aromatic N) is 2. The number of carbonyl (C=O) groups is 1. The van der Waals surface area contributed by atoms with Crippen LogP contribution in [0, 0.1) is 0 Å². The van der Waals surface area contributed by atoms with E-state index in [0.29, 0.717) is 18.4 Å². The third-order valence-electron chi connectivity index (χ3n) is 4.19. The molecule has 1 unspecified atom stereocenters. The lowest BCUT2D eigenvalue weighted by molar-refractivity contribution is -0.130. The van der Waals surface area contributed by atoms with E-state index >= 15 is 0 Å². The van der Waals surface area contributed by atoms with E-state index in [1.54, 1.807) is 0 Å². The monoisotopic (exact) mass is 253 g/mol. The lowest BCUT2D eigenvalue weighted by atomic mass is 10.1. The molecule has 0 saturated carbocycles. The van der Waals surface area contributed by atoms with Crippen molar-refractivity contribution in [2.45, 2.75) is 45.1 Å². The highest BCUT2D eigenvalue weighted by molar-refractivity contribution is 5.76. The molecule has 4 nitrogen and oxygen atoms in total. The Balaban J connectivity index is 1.71. The van der Waals surface area contributed by atoms with Gasteiger partial charge in [-0.15, -0.1) is 0 Å². The van der Waals surface area contributed by atoms with Gasteiger partial charge in [-0.1, -0.05) is 13.3 Å². The molecule has 2 aliphatic heterocycles. The number of amides is 1. The Morgan fingerprint density at radius 1 is 1.22 bits per heavy atom. The molecule has 104 valence electrons. The summed E-state index contributed by atoms with van der Waals surface area (Å²) in [5, 5.41) is 3.22. The van der Waals surface area contributed by atoms with E-state index in [9.17, 15) is 4.79 Å². The molecule has 2 fully saturated rings. The van der Waals surface area contributed by atoms with Gasteiger partial charge in [-0.05, 0) is 38.9 Å². The summed E-state index contributed by atoms with van der Waals surface area (Å²) in [5.41, 5.74) is 0. The van der Waals surface area contributed by atoms with Crippen molar-refractivity contribution in [2.75, 3.05) is 39.3 Å². The maximum atomic E-state index is 12.0. The van der Waals surface area contributed by atoms with E-state index in [4.69, 9.17) is 0 Å². The Labute approximate surface area is 111 Å². The van der Waals surface area contributed by atoms with Crippen molar-refractivity contribution in [2.24, 2.45) is 0 Å². The first-order valence-corrected chi connectivity index (χ1v) is 7.54. The Morgan fingerprint density at radius 2 is 2.00 bits per heavy atom. The van der Waals surface area contributed by atoms with Crippen LogP contribution in [0.15, 0.2) is 0 Å². The van der Waals surface area contributed by atoms with Gasteiger partial charge in [0.15, 0.2) is 0 Å². The van der Waals surface area contributed by atoms with E-state index in [1.807, 2.05) is 0 Å². The molecule has 0 bridgehead atoms. The number of hydrogen-bond donors (Lipinski definition) is 1. The Hall–Kier alpha value is -0.610. The van der Waals surface area contributed by atoms with Crippen LogP contribution in [0.25, 0.3) is 0 Å². The molecule has 1 amide bonds. The summed E-state index contributed by atoms with van der Waals surface area (Å²) in [4.78, 5) is 16.7. The predicted octanol–water partition coefficient (Wildman–Crippen LogP) is 1.07. The lowest BCUT2D eigenvalue weighted by Gasteiger charge is -2.32. The first-order chi connectivity index (χ1) is 8.81. The first-order valence-electron chi connectivity index (χ1n) is 7.54. The van der Waals surface area contributed by atoms with Gasteiger partial charge in [-0.2, -0.15) is 0 Å². The molecule has 2 saturated heterocycles. The van der Waals surface area contributed by atoms with Crippen LogP contribution in [0.3, 0.4) is 0 Å². The second-order valence-electron chi connectivity index (χ2n) is 5.48. The van der Waals surface area contributed by atoms with Crippen LogP contribution in [0.5, 0.6) is 0 Å². The van der Waals surface area contributed by atoms with Gasteiger partial charge >= 0.3 is 0 Å². The topological polar surface area (TPSA) is 35.6 Å². The average molecular weight is 253 g/mol. The zero-order valence-corrected chi connectivity index (χ0v) is 11.7. The average Bonchev–Trinajstić information content (AvgIpc) is 2.89. The number of nitrogens with one attached hydrogen (secondary N) is 1. The molecule has 0 aromatic heterocycles. The van der Waals surface area contributed by atoms with Crippen LogP contribution in [0.4, 0.5) is 0 Å². The highest BCUT2D eigenvalue weighted by atomic mass is 16.2. The second-order valence-corrected chi connectivity index (χ2v) is 5.48. The summed E-state index contributed by atoms with van der Waals surface area (Å²) in [7, 11) is 0. The molecule has 2 rings (SSSR count). The zero-order valence-electron chi connectivity index (χ0n) is 11.7. The summed E-state index contributed by atoms with van der Waals surface area (Å²) in [6.07, 6.45) is 5.89. The minimum Gasteiger partial charge on any atom is -0.341 e. The van der Waals surface area contributed by atoms with Gasteiger partial charge in [-0.3, -0.25) is 9.69 Å². The maximum Gasteiger partial charge on any atom is 0.223 e. The van der Waals surface area contributed by atoms with Crippen molar-refractivity contribution in [3.05, 3.63) is 0 Å². The maximum absolute atomic E-state index is 12.0. The number of likely N-dealkylation sites (tertiary alicyclic amines) is 2. The molecule has 4 heteroatoms. The van der Waals surface area contributed by atoms with Crippen LogP contribution in [-0.2, 0) is 4.79 Å². The van der Waals surface area contributed by atoms with Crippen molar-refractivity contribution in [1.82, 2.24) is 15.1 Å². The summed E-state index contributed by atoms with van der Waals surface area (Å²) in [5.74, 6) is 0.329. The molecular weight excluding hydrogens is 226 g/mol. The van der Waals surface area contributed by atoms with Gasteiger partial charge in [0.25, 0.3) is 0 Å². The van der Waals surface area contributed by atoms with Gasteiger partial charge in [0.1, 0.15) is 0 Å². The second kappa shape index (κ2) is 7.10. The minimum atomic E-state index is 0.329. The molecule has 18 heavy (non-hydrogen) atoms. The quantitative estimate of drug-likeness (QED) is 0.745. The molecule has 0 aromatic rings. The highest BCUT2D eigenvalue weighted by Gasteiger charge is 2.30. The smallest absolute Gasteiger partial charge is 0.223 e. The zero-order chi connectivity index (χ0) is 12.8. The number of hydrogen-bond acceptors (Lipinski definition) is 3. The fourth-order valence-corrected chi connectivity index (χ4v) is 3.08. The number of piperidine rings is 1. The standard InChI is InChI=1S/C14H27N3O/c1-2-15-8-6-14(18)17-11-7-13(12-17)16-9-4-3-5-10-16/h13,15H,2-12H2,1H3. The third kappa shape index (κ3) is 3.69. The largest absolute Gasteiger partial charge is 0.341 e. The summed E-state index contributed by atoms with van der Waals surface area (Å²) >= 11 is 0. The minimum absolute atomic E-state index is 0.329. The molecule has 2 aliphatic rings. The Morgan fingerprint density at radius 3 is 2.72 bits per heavy atom. The molecule has 2 heterocycles. The first kappa shape index (κ1) is 13.8. The van der Waals surface area contributed by atoms with Crippen LogP contribution in [0.2, 0.25) is 0 Å².